The van der Waals surface area contributed by atoms with Gasteiger partial charge in [-0.1, -0.05) is 55.3 Å². The third-order valence-corrected chi connectivity index (χ3v) is 8.74. The Morgan fingerprint density at radius 1 is 0.957 bits per heavy atom. The van der Waals surface area contributed by atoms with E-state index in [1.165, 1.54) is 24.3 Å². The van der Waals surface area contributed by atoms with Crippen LogP contribution in [0.1, 0.15) is 62.5 Å². The molecule has 2 aromatic rings. The Morgan fingerprint density at radius 2 is 1.68 bits per heavy atom. The lowest BCUT2D eigenvalue weighted by Gasteiger charge is -2.35. The summed E-state index contributed by atoms with van der Waals surface area (Å²) in [7, 11) is -4.76. The minimum Gasteiger partial charge on any atom is -0.445 e. The van der Waals surface area contributed by atoms with Crippen LogP contribution in [0.25, 0.3) is 0 Å². The third kappa shape index (κ3) is 11.1. The Morgan fingerprint density at radius 3 is 2.38 bits per heavy atom. The Labute approximate surface area is 274 Å². The van der Waals surface area contributed by atoms with E-state index in [-0.39, 0.29) is 36.6 Å². The molecular weight excluding hydrogens is 629 g/mol. The molecule has 0 bridgehead atoms. The number of ether oxygens (including phenoxy) is 1. The van der Waals surface area contributed by atoms with Gasteiger partial charge in [0.15, 0.2) is 0 Å². The number of phosphoric ester groups is 1. The van der Waals surface area contributed by atoms with Gasteiger partial charge in [0.25, 0.3) is 0 Å². The van der Waals surface area contributed by atoms with Crippen LogP contribution >= 0.6 is 7.82 Å². The van der Waals surface area contributed by atoms with Crippen LogP contribution in [-0.4, -0.2) is 75.8 Å². The standard InChI is InChI=1S/C32H44N5O9P/c33-18-6-7-19-34-30(39)28-17-14-24-10-4-5-11-26(31(40)37(24)28)35-29(38)27(36-32(41)45-21-23-8-2-1-3-9-23)20-22-12-15-25(16-13-22)46-47(42,43)44/h1-3,8-9,12-13,15-16,24,26-28H,4-7,10-11,14,17-21,33H2,(H,34,39)(H,35,38)(H,36,41)(H2,42,43,44)/t24?,26-,27-,28-/m0/s1. The molecule has 2 fully saturated rings. The molecule has 4 atom stereocenters. The number of hydrogen-bond donors (Lipinski definition) is 6. The van der Waals surface area contributed by atoms with Gasteiger partial charge < -0.3 is 35.8 Å². The molecule has 4 rings (SSSR count). The number of phosphoric acid groups is 1. The highest BCUT2D eigenvalue weighted by Crippen LogP contribution is 2.37. The van der Waals surface area contributed by atoms with Gasteiger partial charge in [0.05, 0.1) is 0 Å². The van der Waals surface area contributed by atoms with Gasteiger partial charge >= 0.3 is 13.9 Å². The second kappa shape index (κ2) is 17.3. The number of alkyl carbamates (subject to hydrolysis) is 1. The number of carbonyl (C=O) groups excluding carboxylic acids is 4. The Bertz CT molecular complexity index is 1410. The number of carbonyl (C=O) groups is 4. The van der Waals surface area contributed by atoms with E-state index in [2.05, 4.69) is 20.5 Å². The van der Waals surface area contributed by atoms with Crippen LogP contribution in [0.15, 0.2) is 54.6 Å². The summed E-state index contributed by atoms with van der Waals surface area (Å²) in [4.78, 5) is 73.4. The number of nitrogens with one attached hydrogen (secondary N) is 3. The normalized spacial score (nSPS) is 20.3. The van der Waals surface area contributed by atoms with E-state index < -0.39 is 37.9 Å². The molecule has 4 amide bonds. The number of benzene rings is 2. The van der Waals surface area contributed by atoms with E-state index in [0.29, 0.717) is 44.3 Å². The van der Waals surface area contributed by atoms with Crippen molar-refractivity contribution in [2.75, 3.05) is 13.1 Å². The number of nitrogens with two attached hydrogens (primary N) is 1. The molecule has 0 saturated carbocycles. The highest BCUT2D eigenvalue weighted by molar-refractivity contribution is 7.46. The molecule has 14 nitrogen and oxygen atoms in total. The van der Waals surface area contributed by atoms with Crippen molar-refractivity contribution in [1.29, 1.82) is 0 Å². The van der Waals surface area contributed by atoms with Crippen molar-refractivity contribution in [3.05, 3.63) is 65.7 Å². The Hall–Kier alpha value is -3.97. The molecule has 0 radical (unpaired) electrons. The average Bonchev–Trinajstić information content (AvgIpc) is 3.46. The minimum atomic E-state index is -4.76. The smallest absolute Gasteiger partial charge is 0.445 e. The van der Waals surface area contributed by atoms with Gasteiger partial charge in [-0.2, -0.15) is 0 Å². The van der Waals surface area contributed by atoms with Crippen LogP contribution in [0, 0.1) is 0 Å². The Kier molecular flexibility index (Phi) is 13.2. The first-order valence-electron chi connectivity index (χ1n) is 16.0. The molecular formula is C32H44N5O9P. The summed E-state index contributed by atoms with van der Waals surface area (Å²) in [5.41, 5.74) is 6.85. The summed E-state index contributed by atoms with van der Waals surface area (Å²) in [6, 6.07) is 11.9. The summed E-state index contributed by atoms with van der Waals surface area (Å²) in [6.45, 7) is 0.979. The van der Waals surface area contributed by atoms with E-state index in [1.54, 1.807) is 29.2 Å². The highest BCUT2D eigenvalue weighted by Gasteiger charge is 2.44. The van der Waals surface area contributed by atoms with E-state index in [9.17, 15) is 23.7 Å². The van der Waals surface area contributed by atoms with Crippen molar-refractivity contribution in [3.8, 4) is 5.75 Å². The van der Waals surface area contributed by atoms with E-state index >= 15 is 0 Å². The van der Waals surface area contributed by atoms with Crippen molar-refractivity contribution in [2.24, 2.45) is 5.73 Å². The first-order chi connectivity index (χ1) is 22.5. The van der Waals surface area contributed by atoms with E-state index in [1.807, 2.05) is 6.07 Å². The first-order valence-corrected chi connectivity index (χ1v) is 17.5. The second-order valence-corrected chi connectivity index (χ2v) is 13.0. The van der Waals surface area contributed by atoms with Gasteiger partial charge in [-0.25, -0.2) is 9.36 Å². The topological polar surface area (TPSA) is 210 Å². The van der Waals surface area contributed by atoms with Gasteiger partial charge in [-0.05, 0) is 68.3 Å². The zero-order valence-corrected chi connectivity index (χ0v) is 27.1. The predicted molar refractivity (Wildman–Crippen MR) is 172 cm³/mol. The molecule has 15 heteroatoms. The van der Waals surface area contributed by atoms with Gasteiger partial charge in [0.1, 0.15) is 30.5 Å². The van der Waals surface area contributed by atoms with Gasteiger partial charge in [0.2, 0.25) is 17.7 Å². The minimum absolute atomic E-state index is 0.0243. The first kappa shape index (κ1) is 35.9. The zero-order chi connectivity index (χ0) is 33.8. The maximum Gasteiger partial charge on any atom is 0.524 e. The van der Waals surface area contributed by atoms with Crippen LogP contribution in [0.3, 0.4) is 0 Å². The molecule has 2 saturated heterocycles. The monoisotopic (exact) mass is 673 g/mol. The molecule has 2 aliphatic heterocycles. The molecule has 47 heavy (non-hydrogen) atoms. The number of unbranched alkanes of at least 4 members (excludes halogenated alkanes) is 1. The maximum absolute atomic E-state index is 13.9. The van der Waals surface area contributed by atoms with Gasteiger partial charge in [-0.15, -0.1) is 0 Å². The molecule has 1 unspecified atom stereocenters. The van der Waals surface area contributed by atoms with Gasteiger partial charge in [-0.3, -0.25) is 24.2 Å². The molecule has 2 heterocycles. The quantitative estimate of drug-likeness (QED) is 0.127. The van der Waals surface area contributed by atoms with Gasteiger partial charge in [0, 0.05) is 19.0 Å². The van der Waals surface area contributed by atoms with Crippen LogP contribution in [0.4, 0.5) is 4.79 Å². The van der Waals surface area contributed by atoms with E-state index in [4.69, 9.17) is 20.3 Å². The molecule has 0 aliphatic carbocycles. The summed E-state index contributed by atoms with van der Waals surface area (Å²) >= 11 is 0. The lowest BCUT2D eigenvalue weighted by atomic mass is 9.98. The summed E-state index contributed by atoms with van der Waals surface area (Å²) < 4.78 is 21.1. The predicted octanol–water partition coefficient (Wildman–Crippen LogP) is 2.27. The highest BCUT2D eigenvalue weighted by atomic mass is 31.2. The van der Waals surface area contributed by atoms with Crippen molar-refractivity contribution >= 4 is 31.6 Å². The lowest BCUT2D eigenvalue weighted by molar-refractivity contribution is -0.144. The van der Waals surface area contributed by atoms with Crippen molar-refractivity contribution in [1.82, 2.24) is 20.9 Å². The average molecular weight is 674 g/mol. The fourth-order valence-electron chi connectivity index (χ4n) is 5.97. The maximum atomic E-state index is 13.9. The number of nitrogens with zero attached hydrogens (tertiary/aromatic N) is 1. The SMILES string of the molecule is NCCCCNC(=O)[C@@H]1CCC2CCCC[C@H](NC(=O)[C@H](Cc3ccc(OP(=O)(O)O)cc3)NC(=O)OCc3ccccc3)C(=O)N21. The van der Waals surface area contributed by atoms with Crippen molar-refractivity contribution in [3.63, 3.8) is 0 Å². The van der Waals surface area contributed by atoms with Crippen molar-refractivity contribution < 1.29 is 42.8 Å². The summed E-state index contributed by atoms with van der Waals surface area (Å²) in [6.07, 6.45) is 4.59. The molecule has 7 N–H and O–H groups in total. The summed E-state index contributed by atoms with van der Waals surface area (Å²) in [5, 5.41) is 8.36. The summed E-state index contributed by atoms with van der Waals surface area (Å²) in [5.74, 6) is -1.23. The largest absolute Gasteiger partial charge is 0.524 e. The van der Waals surface area contributed by atoms with Crippen LogP contribution in [-0.2, 0) is 36.7 Å². The molecule has 2 aliphatic rings. The fourth-order valence-corrected chi connectivity index (χ4v) is 6.37. The lowest BCUT2D eigenvalue weighted by Crippen LogP contribution is -2.59. The molecule has 256 valence electrons. The van der Waals surface area contributed by atoms with Crippen molar-refractivity contribution in [2.45, 2.75) is 88.6 Å². The number of hydrogen-bond acceptors (Lipinski definition) is 8. The second-order valence-electron chi connectivity index (χ2n) is 11.8. The van der Waals surface area contributed by atoms with E-state index in [0.717, 1.165) is 31.2 Å². The number of rotatable bonds is 14. The van der Waals surface area contributed by atoms with Crippen LogP contribution in [0.5, 0.6) is 5.75 Å². The van der Waals surface area contributed by atoms with Crippen LogP contribution < -0.4 is 26.2 Å². The zero-order valence-electron chi connectivity index (χ0n) is 26.2. The molecule has 0 aromatic heterocycles. The molecule has 0 spiro atoms. The third-order valence-electron chi connectivity index (χ3n) is 8.29. The van der Waals surface area contributed by atoms with Crippen LogP contribution in [0.2, 0.25) is 0 Å². The molecule has 2 aromatic carbocycles. The number of amides is 4. The fraction of sp³-hybridized carbons (Fsp3) is 0.500. The Balaban J connectivity index is 1.47. The number of fused-ring (bicyclic) bond motifs is 1.